The normalized spacial score (nSPS) is 10.3. The van der Waals surface area contributed by atoms with E-state index in [9.17, 15) is 4.79 Å². The van der Waals surface area contributed by atoms with Gasteiger partial charge < -0.3 is 10.1 Å². The Hall–Kier alpha value is -1.51. The summed E-state index contributed by atoms with van der Waals surface area (Å²) in [6.07, 6.45) is 5.77. The van der Waals surface area contributed by atoms with Gasteiger partial charge in [-0.15, -0.1) is 0 Å². The molecule has 1 amide bonds. The molecule has 0 aliphatic rings. The lowest BCUT2D eigenvalue weighted by atomic mass is 10.2. The summed E-state index contributed by atoms with van der Waals surface area (Å²) in [5.74, 6) is 1.01. The number of unbranched alkanes of at least 4 members (excludes halogenated alkanes) is 2. The van der Waals surface area contributed by atoms with Crippen LogP contribution in [0.3, 0.4) is 0 Å². The van der Waals surface area contributed by atoms with Crippen molar-refractivity contribution < 1.29 is 9.53 Å². The smallest absolute Gasteiger partial charge is 0.220 e. The zero-order chi connectivity index (χ0) is 14.6. The van der Waals surface area contributed by atoms with Crippen molar-refractivity contribution in [2.75, 3.05) is 13.2 Å². The second kappa shape index (κ2) is 10.3. The third kappa shape index (κ3) is 7.17. The molecule has 0 aliphatic heterocycles. The van der Waals surface area contributed by atoms with Crippen molar-refractivity contribution >= 4 is 5.91 Å². The van der Waals surface area contributed by atoms with Crippen molar-refractivity contribution in [1.82, 2.24) is 5.32 Å². The Morgan fingerprint density at radius 1 is 1.10 bits per heavy atom. The van der Waals surface area contributed by atoms with Gasteiger partial charge in [0.25, 0.3) is 0 Å². The maximum Gasteiger partial charge on any atom is 0.220 e. The van der Waals surface area contributed by atoms with Crippen molar-refractivity contribution in [1.29, 1.82) is 0 Å². The van der Waals surface area contributed by atoms with E-state index in [0.29, 0.717) is 13.0 Å². The Morgan fingerprint density at radius 2 is 1.85 bits per heavy atom. The van der Waals surface area contributed by atoms with Crippen molar-refractivity contribution in [3.8, 4) is 5.75 Å². The zero-order valence-corrected chi connectivity index (χ0v) is 12.8. The van der Waals surface area contributed by atoms with E-state index in [1.807, 2.05) is 12.1 Å². The molecule has 0 spiro atoms. The van der Waals surface area contributed by atoms with Crippen LogP contribution in [0.1, 0.15) is 51.5 Å². The number of benzene rings is 1. The number of hydrogen-bond acceptors (Lipinski definition) is 2. The first kappa shape index (κ1) is 16.5. The molecule has 1 aromatic carbocycles. The van der Waals surface area contributed by atoms with Crippen LogP contribution in [0.5, 0.6) is 5.75 Å². The van der Waals surface area contributed by atoms with Crippen LogP contribution >= 0.6 is 0 Å². The second-order valence-corrected chi connectivity index (χ2v) is 5.01. The summed E-state index contributed by atoms with van der Waals surface area (Å²) in [7, 11) is 0. The summed E-state index contributed by atoms with van der Waals surface area (Å²) in [5, 5.41) is 2.94. The Labute approximate surface area is 122 Å². The van der Waals surface area contributed by atoms with Crippen molar-refractivity contribution in [2.45, 2.75) is 52.4 Å². The standard InChI is InChI=1S/C17H27NO2/c1-3-5-6-13-18-17(19)8-7-14-20-16-11-9-15(4-2)10-12-16/h9-12H,3-8,13-14H2,1-2H3,(H,18,19). The van der Waals surface area contributed by atoms with Gasteiger partial charge in [0, 0.05) is 13.0 Å². The van der Waals surface area contributed by atoms with Crippen LogP contribution in [0.15, 0.2) is 24.3 Å². The van der Waals surface area contributed by atoms with Crippen molar-refractivity contribution in [3.05, 3.63) is 29.8 Å². The predicted molar refractivity (Wildman–Crippen MR) is 83.1 cm³/mol. The van der Waals surface area contributed by atoms with Gasteiger partial charge in [-0.3, -0.25) is 4.79 Å². The quantitative estimate of drug-likeness (QED) is 0.662. The lowest BCUT2D eigenvalue weighted by molar-refractivity contribution is -0.121. The predicted octanol–water partition coefficient (Wildman–Crippen LogP) is 3.71. The van der Waals surface area contributed by atoms with Crippen LogP contribution in [0.25, 0.3) is 0 Å². The van der Waals surface area contributed by atoms with Crippen LogP contribution < -0.4 is 10.1 Å². The number of carbonyl (C=O) groups excluding carboxylic acids is 1. The van der Waals surface area contributed by atoms with Gasteiger partial charge >= 0.3 is 0 Å². The van der Waals surface area contributed by atoms with Gasteiger partial charge in [-0.25, -0.2) is 0 Å². The molecule has 0 radical (unpaired) electrons. The monoisotopic (exact) mass is 277 g/mol. The molecule has 3 nitrogen and oxygen atoms in total. The first-order valence-corrected chi connectivity index (χ1v) is 7.74. The maximum atomic E-state index is 11.5. The minimum atomic E-state index is 0.131. The van der Waals surface area contributed by atoms with E-state index in [1.54, 1.807) is 0 Å². The van der Waals surface area contributed by atoms with Crippen LogP contribution in [-0.2, 0) is 11.2 Å². The molecule has 0 fully saturated rings. The number of carbonyl (C=O) groups is 1. The van der Waals surface area contributed by atoms with Gasteiger partial charge in [0.1, 0.15) is 5.75 Å². The highest BCUT2D eigenvalue weighted by Gasteiger charge is 2.01. The third-order valence-corrected chi connectivity index (χ3v) is 3.25. The SMILES string of the molecule is CCCCCNC(=O)CCCOc1ccc(CC)cc1. The largest absolute Gasteiger partial charge is 0.494 e. The van der Waals surface area contributed by atoms with Gasteiger partial charge in [0.2, 0.25) is 5.91 Å². The molecule has 0 heterocycles. The lowest BCUT2D eigenvalue weighted by Crippen LogP contribution is -2.24. The van der Waals surface area contributed by atoms with Gasteiger partial charge in [-0.05, 0) is 37.0 Å². The molecule has 0 unspecified atom stereocenters. The maximum absolute atomic E-state index is 11.5. The number of ether oxygens (including phenoxy) is 1. The van der Waals surface area contributed by atoms with E-state index in [0.717, 1.165) is 31.6 Å². The molecule has 0 saturated carbocycles. The summed E-state index contributed by atoms with van der Waals surface area (Å²) < 4.78 is 5.62. The fraction of sp³-hybridized carbons (Fsp3) is 0.588. The summed E-state index contributed by atoms with van der Waals surface area (Å²) in [5.41, 5.74) is 1.31. The highest BCUT2D eigenvalue weighted by Crippen LogP contribution is 2.12. The molecular formula is C17H27NO2. The summed E-state index contributed by atoms with van der Waals surface area (Å²) in [4.78, 5) is 11.5. The molecule has 0 aliphatic carbocycles. The van der Waals surface area contributed by atoms with Gasteiger partial charge in [-0.2, -0.15) is 0 Å². The summed E-state index contributed by atoms with van der Waals surface area (Å²) in [6, 6.07) is 8.14. The molecule has 1 aromatic rings. The van der Waals surface area contributed by atoms with Crippen LogP contribution in [0, 0.1) is 0 Å². The number of rotatable bonds is 10. The van der Waals surface area contributed by atoms with Crippen LogP contribution in [0.4, 0.5) is 0 Å². The molecular weight excluding hydrogens is 250 g/mol. The molecule has 112 valence electrons. The van der Waals surface area contributed by atoms with E-state index in [4.69, 9.17) is 4.74 Å². The first-order chi connectivity index (χ1) is 9.76. The zero-order valence-electron chi connectivity index (χ0n) is 12.8. The number of amides is 1. The summed E-state index contributed by atoms with van der Waals surface area (Å²) >= 11 is 0. The molecule has 0 aromatic heterocycles. The van der Waals surface area contributed by atoms with E-state index < -0.39 is 0 Å². The van der Waals surface area contributed by atoms with E-state index in [2.05, 4.69) is 31.3 Å². The van der Waals surface area contributed by atoms with Gasteiger partial charge in [0.15, 0.2) is 0 Å². The molecule has 1 N–H and O–H groups in total. The number of hydrogen-bond donors (Lipinski definition) is 1. The molecule has 1 rings (SSSR count). The molecule has 0 saturated heterocycles. The number of nitrogens with one attached hydrogen (secondary N) is 1. The van der Waals surface area contributed by atoms with Crippen LogP contribution in [-0.4, -0.2) is 19.1 Å². The topological polar surface area (TPSA) is 38.3 Å². The Morgan fingerprint density at radius 3 is 2.50 bits per heavy atom. The highest BCUT2D eigenvalue weighted by molar-refractivity contribution is 5.75. The minimum Gasteiger partial charge on any atom is -0.494 e. The van der Waals surface area contributed by atoms with Gasteiger partial charge in [0.05, 0.1) is 6.61 Å². The Kier molecular flexibility index (Phi) is 8.52. The summed E-state index contributed by atoms with van der Waals surface area (Å²) in [6.45, 7) is 5.68. The fourth-order valence-corrected chi connectivity index (χ4v) is 1.94. The third-order valence-electron chi connectivity index (χ3n) is 3.25. The fourth-order valence-electron chi connectivity index (χ4n) is 1.94. The van der Waals surface area contributed by atoms with Gasteiger partial charge in [-0.1, -0.05) is 38.8 Å². The highest BCUT2D eigenvalue weighted by atomic mass is 16.5. The van der Waals surface area contributed by atoms with E-state index >= 15 is 0 Å². The molecule has 20 heavy (non-hydrogen) atoms. The average Bonchev–Trinajstić information content (AvgIpc) is 2.49. The van der Waals surface area contributed by atoms with E-state index in [1.165, 1.54) is 18.4 Å². The number of aryl methyl sites for hydroxylation is 1. The Balaban J connectivity index is 2.07. The second-order valence-electron chi connectivity index (χ2n) is 5.01. The van der Waals surface area contributed by atoms with E-state index in [-0.39, 0.29) is 5.91 Å². The molecule has 3 heteroatoms. The Bertz CT molecular complexity index is 373. The molecule has 0 bridgehead atoms. The van der Waals surface area contributed by atoms with Crippen molar-refractivity contribution in [2.24, 2.45) is 0 Å². The van der Waals surface area contributed by atoms with Crippen molar-refractivity contribution in [3.63, 3.8) is 0 Å². The van der Waals surface area contributed by atoms with Crippen LogP contribution in [0.2, 0.25) is 0 Å². The molecule has 0 atom stereocenters. The minimum absolute atomic E-state index is 0.131. The average molecular weight is 277 g/mol. The lowest BCUT2D eigenvalue weighted by Gasteiger charge is -2.07. The first-order valence-electron chi connectivity index (χ1n) is 7.74.